The van der Waals surface area contributed by atoms with Crippen molar-refractivity contribution in [1.82, 2.24) is 20.1 Å². The van der Waals surface area contributed by atoms with Gasteiger partial charge in [-0.3, -0.25) is 9.78 Å². The third kappa shape index (κ3) is 3.66. The summed E-state index contributed by atoms with van der Waals surface area (Å²) >= 11 is 0. The molecule has 1 aliphatic heterocycles. The van der Waals surface area contributed by atoms with Gasteiger partial charge in [0, 0.05) is 19.0 Å². The lowest BCUT2D eigenvalue weighted by Crippen LogP contribution is -2.35. The largest absolute Gasteiger partial charge is 0.371 e. The van der Waals surface area contributed by atoms with Crippen LogP contribution in [0.5, 0.6) is 0 Å². The summed E-state index contributed by atoms with van der Waals surface area (Å²) in [5.41, 5.74) is 2.30. The van der Waals surface area contributed by atoms with Gasteiger partial charge in [-0.05, 0) is 55.8 Å². The zero-order valence-corrected chi connectivity index (χ0v) is 15.5. The number of pyridine rings is 1. The van der Waals surface area contributed by atoms with Gasteiger partial charge < -0.3 is 10.1 Å². The van der Waals surface area contributed by atoms with E-state index in [0.29, 0.717) is 13.0 Å². The van der Waals surface area contributed by atoms with Crippen LogP contribution >= 0.6 is 0 Å². The van der Waals surface area contributed by atoms with Gasteiger partial charge in [-0.15, -0.1) is 0 Å². The van der Waals surface area contributed by atoms with Gasteiger partial charge in [0.25, 0.3) is 0 Å². The van der Waals surface area contributed by atoms with Gasteiger partial charge in [0.1, 0.15) is 11.9 Å². The number of rotatable bonds is 5. The van der Waals surface area contributed by atoms with Crippen LogP contribution in [0.25, 0.3) is 5.69 Å². The number of amides is 1. The molecular formula is C21H21FN4O2. The van der Waals surface area contributed by atoms with Crippen LogP contribution in [0, 0.1) is 11.7 Å². The highest BCUT2D eigenvalue weighted by Gasteiger charge is 2.37. The fourth-order valence-corrected chi connectivity index (χ4v) is 3.50. The summed E-state index contributed by atoms with van der Waals surface area (Å²) in [5.74, 6) is -0.718. The van der Waals surface area contributed by atoms with Crippen molar-refractivity contribution in [2.24, 2.45) is 5.92 Å². The van der Waals surface area contributed by atoms with Crippen LogP contribution < -0.4 is 5.32 Å². The summed E-state index contributed by atoms with van der Waals surface area (Å²) in [6.45, 7) is 2.41. The van der Waals surface area contributed by atoms with Gasteiger partial charge in [-0.1, -0.05) is 6.07 Å². The van der Waals surface area contributed by atoms with Crippen molar-refractivity contribution in [2.75, 3.05) is 6.61 Å². The van der Waals surface area contributed by atoms with Crippen LogP contribution in [0.15, 0.2) is 60.9 Å². The van der Waals surface area contributed by atoms with E-state index in [2.05, 4.69) is 15.4 Å². The molecule has 144 valence electrons. The Hall–Kier alpha value is -3.06. The Kier molecular flexibility index (Phi) is 5.16. The fourth-order valence-electron chi connectivity index (χ4n) is 3.50. The number of hydrogen-bond acceptors (Lipinski definition) is 4. The van der Waals surface area contributed by atoms with Gasteiger partial charge >= 0.3 is 0 Å². The molecule has 1 saturated heterocycles. The standard InChI is InChI=1S/C21H21FN4O2/c1-14(18-4-2-3-11-23-18)25-21(27)17-10-13-28-20(17)19-9-12-24-26(19)16-7-5-15(22)6-8-16/h2-9,11-12,14,17,20H,10,13H2,1H3,(H,25,27)/t14-,17+,20+/m1/s1. The second kappa shape index (κ2) is 7.90. The summed E-state index contributed by atoms with van der Waals surface area (Å²) in [5, 5.41) is 7.37. The Morgan fingerprint density at radius 3 is 2.79 bits per heavy atom. The first kappa shape index (κ1) is 18.3. The van der Waals surface area contributed by atoms with Crippen LogP contribution in [-0.2, 0) is 9.53 Å². The highest BCUT2D eigenvalue weighted by Crippen LogP contribution is 2.36. The van der Waals surface area contributed by atoms with E-state index in [1.807, 2.05) is 31.2 Å². The van der Waals surface area contributed by atoms with Gasteiger partial charge in [0.2, 0.25) is 5.91 Å². The molecule has 1 fully saturated rings. The van der Waals surface area contributed by atoms with Gasteiger partial charge in [0.05, 0.1) is 29.0 Å². The van der Waals surface area contributed by atoms with Crippen LogP contribution in [0.2, 0.25) is 0 Å². The summed E-state index contributed by atoms with van der Waals surface area (Å²) in [6, 6.07) is 13.3. The molecule has 2 aromatic heterocycles. The maximum Gasteiger partial charge on any atom is 0.226 e. The number of aromatic nitrogens is 3. The molecule has 4 rings (SSSR count). The third-order valence-electron chi connectivity index (χ3n) is 4.95. The average molecular weight is 380 g/mol. The lowest BCUT2D eigenvalue weighted by molar-refractivity contribution is -0.127. The van der Waals surface area contributed by atoms with Crippen molar-refractivity contribution in [3.8, 4) is 5.69 Å². The zero-order chi connectivity index (χ0) is 19.5. The number of ether oxygens (including phenoxy) is 1. The minimum absolute atomic E-state index is 0.0764. The molecule has 1 aromatic carbocycles. The third-order valence-corrected chi connectivity index (χ3v) is 4.95. The minimum Gasteiger partial charge on any atom is -0.371 e. The summed E-state index contributed by atoms with van der Waals surface area (Å²) in [7, 11) is 0. The van der Waals surface area contributed by atoms with E-state index in [1.54, 1.807) is 29.2 Å². The molecule has 3 aromatic rings. The van der Waals surface area contributed by atoms with E-state index in [4.69, 9.17) is 4.74 Å². The van der Waals surface area contributed by atoms with Crippen molar-refractivity contribution >= 4 is 5.91 Å². The van der Waals surface area contributed by atoms with E-state index in [1.165, 1.54) is 12.1 Å². The molecule has 3 atom stereocenters. The molecule has 0 bridgehead atoms. The van der Waals surface area contributed by atoms with Gasteiger partial charge in [0.15, 0.2) is 0 Å². The Morgan fingerprint density at radius 2 is 2.04 bits per heavy atom. The van der Waals surface area contributed by atoms with Crippen molar-refractivity contribution < 1.29 is 13.9 Å². The SMILES string of the molecule is C[C@@H](NC(=O)[C@H]1CCO[C@@H]1c1ccnn1-c1ccc(F)cc1)c1ccccn1. The fraction of sp³-hybridized carbons (Fsp3) is 0.286. The lowest BCUT2D eigenvalue weighted by Gasteiger charge is -2.21. The molecule has 0 saturated carbocycles. The quantitative estimate of drug-likeness (QED) is 0.737. The Bertz CT molecular complexity index is 943. The molecule has 6 nitrogen and oxygen atoms in total. The molecule has 7 heteroatoms. The molecule has 1 amide bonds. The van der Waals surface area contributed by atoms with Crippen molar-refractivity contribution in [1.29, 1.82) is 0 Å². The number of carbonyl (C=O) groups excluding carboxylic acids is 1. The molecular weight excluding hydrogens is 359 g/mol. The number of hydrogen-bond donors (Lipinski definition) is 1. The maximum absolute atomic E-state index is 13.2. The Balaban J connectivity index is 1.54. The van der Waals surface area contributed by atoms with E-state index >= 15 is 0 Å². The molecule has 28 heavy (non-hydrogen) atoms. The van der Waals surface area contributed by atoms with Crippen LogP contribution in [0.3, 0.4) is 0 Å². The highest BCUT2D eigenvalue weighted by molar-refractivity contribution is 5.80. The predicted octanol–water partition coefficient (Wildman–Crippen LogP) is 3.36. The summed E-state index contributed by atoms with van der Waals surface area (Å²) in [6.07, 6.45) is 3.58. The first-order valence-electron chi connectivity index (χ1n) is 9.26. The molecule has 0 spiro atoms. The summed E-state index contributed by atoms with van der Waals surface area (Å²) < 4.78 is 20.8. The van der Waals surface area contributed by atoms with E-state index in [9.17, 15) is 9.18 Å². The van der Waals surface area contributed by atoms with Gasteiger partial charge in [-0.25, -0.2) is 9.07 Å². The first-order valence-corrected chi connectivity index (χ1v) is 9.26. The second-order valence-electron chi connectivity index (χ2n) is 6.82. The van der Waals surface area contributed by atoms with Gasteiger partial charge in [-0.2, -0.15) is 5.10 Å². The average Bonchev–Trinajstić information content (AvgIpc) is 3.38. The highest BCUT2D eigenvalue weighted by atomic mass is 19.1. The smallest absolute Gasteiger partial charge is 0.226 e. The molecule has 1 aliphatic rings. The predicted molar refractivity (Wildman–Crippen MR) is 101 cm³/mol. The zero-order valence-electron chi connectivity index (χ0n) is 15.5. The molecule has 0 radical (unpaired) electrons. The van der Waals surface area contributed by atoms with Crippen molar-refractivity contribution in [3.05, 3.63) is 78.1 Å². The Morgan fingerprint density at radius 1 is 1.21 bits per heavy atom. The normalized spacial score (nSPS) is 20.1. The van der Waals surface area contributed by atoms with E-state index in [0.717, 1.165) is 17.1 Å². The van der Waals surface area contributed by atoms with Crippen LogP contribution in [0.1, 0.15) is 36.9 Å². The van der Waals surface area contributed by atoms with E-state index in [-0.39, 0.29) is 23.7 Å². The minimum atomic E-state index is -0.413. The number of carbonyl (C=O) groups is 1. The summed E-state index contributed by atoms with van der Waals surface area (Å²) in [4.78, 5) is 17.2. The number of halogens is 1. The topological polar surface area (TPSA) is 69.0 Å². The van der Waals surface area contributed by atoms with Crippen LogP contribution in [0.4, 0.5) is 4.39 Å². The van der Waals surface area contributed by atoms with Crippen LogP contribution in [-0.4, -0.2) is 27.3 Å². The lowest BCUT2D eigenvalue weighted by atomic mass is 9.97. The molecule has 0 aliphatic carbocycles. The van der Waals surface area contributed by atoms with Crippen molar-refractivity contribution in [2.45, 2.75) is 25.5 Å². The number of benzene rings is 1. The monoisotopic (exact) mass is 380 g/mol. The first-order chi connectivity index (χ1) is 13.6. The number of nitrogens with zero attached hydrogens (tertiary/aromatic N) is 3. The second-order valence-corrected chi connectivity index (χ2v) is 6.82. The Labute approximate surface area is 162 Å². The van der Waals surface area contributed by atoms with E-state index < -0.39 is 6.10 Å². The number of nitrogens with one attached hydrogen (secondary N) is 1. The van der Waals surface area contributed by atoms with Crippen molar-refractivity contribution in [3.63, 3.8) is 0 Å². The molecule has 0 unspecified atom stereocenters. The maximum atomic E-state index is 13.2. The molecule has 3 heterocycles. The molecule has 1 N–H and O–H groups in total.